The van der Waals surface area contributed by atoms with Gasteiger partial charge in [0.1, 0.15) is 17.0 Å². The summed E-state index contributed by atoms with van der Waals surface area (Å²) >= 11 is 8.62. The standard InChI is InChI=1S/C21H13ClFN5OS2/c22-13-3-7-15(8-4-13)25-17(29)10-31-21-27-26-19-18-16(12-1-5-14(23)6-2-12)9-30-20(18)24-11-28(19)21/h1-9,11H,10H2,(H,25,29). The van der Waals surface area contributed by atoms with Crippen LogP contribution in [-0.4, -0.2) is 31.2 Å². The number of nitrogens with zero attached hydrogens (tertiary/aromatic N) is 4. The van der Waals surface area contributed by atoms with E-state index in [-0.39, 0.29) is 17.5 Å². The number of amides is 1. The minimum atomic E-state index is -0.287. The lowest BCUT2D eigenvalue weighted by Crippen LogP contribution is -2.14. The van der Waals surface area contributed by atoms with Crippen molar-refractivity contribution in [1.29, 1.82) is 0 Å². The SMILES string of the molecule is O=C(CSc1nnc2c3c(-c4ccc(F)cc4)csc3ncn12)Nc1ccc(Cl)cc1. The highest BCUT2D eigenvalue weighted by Gasteiger charge is 2.17. The van der Waals surface area contributed by atoms with Crippen molar-refractivity contribution in [3.8, 4) is 11.1 Å². The van der Waals surface area contributed by atoms with Crippen molar-refractivity contribution in [2.45, 2.75) is 5.16 Å². The number of fused-ring (bicyclic) bond motifs is 3. The second-order valence-corrected chi connectivity index (χ2v) is 8.84. The van der Waals surface area contributed by atoms with Gasteiger partial charge < -0.3 is 5.32 Å². The van der Waals surface area contributed by atoms with Crippen molar-refractivity contribution in [3.05, 3.63) is 71.1 Å². The maximum Gasteiger partial charge on any atom is 0.234 e. The molecule has 0 unspecified atom stereocenters. The van der Waals surface area contributed by atoms with Crippen LogP contribution in [-0.2, 0) is 4.79 Å². The van der Waals surface area contributed by atoms with Crippen molar-refractivity contribution in [2.24, 2.45) is 0 Å². The summed E-state index contributed by atoms with van der Waals surface area (Å²) in [4.78, 5) is 17.6. The highest BCUT2D eigenvalue weighted by atomic mass is 35.5. The van der Waals surface area contributed by atoms with Gasteiger partial charge in [-0.1, -0.05) is 35.5 Å². The number of rotatable bonds is 5. The molecule has 0 atom stereocenters. The maximum absolute atomic E-state index is 13.3. The molecule has 2 aromatic carbocycles. The van der Waals surface area contributed by atoms with E-state index in [1.165, 1.54) is 35.2 Å². The van der Waals surface area contributed by atoms with Gasteiger partial charge in [0.25, 0.3) is 0 Å². The van der Waals surface area contributed by atoms with E-state index in [1.807, 2.05) is 5.38 Å². The molecule has 6 nitrogen and oxygen atoms in total. The Balaban J connectivity index is 1.41. The predicted molar refractivity (Wildman–Crippen MR) is 122 cm³/mol. The topological polar surface area (TPSA) is 72.2 Å². The first-order valence-corrected chi connectivity index (χ1v) is 11.4. The van der Waals surface area contributed by atoms with E-state index in [0.717, 1.165) is 21.3 Å². The first-order valence-electron chi connectivity index (χ1n) is 9.13. The molecule has 0 bridgehead atoms. The number of benzene rings is 2. The fourth-order valence-corrected chi connectivity index (χ4v) is 4.86. The summed E-state index contributed by atoms with van der Waals surface area (Å²) in [5.74, 6) is -0.291. The predicted octanol–water partition coefficient (Wildman–Crippen LogP) is 5.53. The molecule has 1 amide bonds. The van der Waals surface area contributed by atoms with Gasteiger partial charge in [-0.3, -0.25) is 9.20 Å². The summed E-state index contributed by atoms with van der Waals surface area (Å²) in [5.41, 5.74) is 3.11. The van der Waals surface area contributed by atoms with Crippen LogP contribution < -0.4 is 5.32 Å². The maximum atomic E-state index is 13.3. The molecular formula is C21H13ClFN5OS2. The third kappa shape index (κ3) is 3.99. The molecule has 31 heavy (non-hydrogen) atoms. The molecule has 0 fully saturated rings. The lowest BCUT2D eigenvalue weighted by Gasteiger charge is -2.05. The van der Waals surface area contributed by atoms with E-state index < -0.39 is 0 Å². The normalized spacial score (nSPS) is 11.3. The number of nitrogens with one attached hydrogen (secondary N) is 1. The van der Waals surface area contributed by atoms with E-state index in [2.05, 4.69) is 20.5 Å². The Morgan fingerprint density at radius 2 is 1.90 bits per heavy atom. The van der Waals surface area contributed by atoms with Crippen LogP contribution in [0.2, 0.25) is 5.02 Å². The molecule has 1 N–H and O–H groups in total. The smallest absolute Gasteiger partial charge is 0.234 e. The fraction of sp³-hybridized carbons (Fsp3) is 0.0476. The van der Waals surface area contributed by atoms with Crippen molar-refractivity contribution in [1.82, 2.24) is 19.6 Å². The molecule has 0 aliphatic rings. The molecule has 0 saturated heterocycles. The van der Waals surface area contributed by atoms with Crippen LogP contribution in [0.1, 0.15) is 0 Å². The fourth-order valence-electron chi connectivity index (χ4n) is 3.12. The molecule has 0 aliphatic carbocycles. The molecule has 3 heterocycles. The van der Waals surface area contributed by atoms with Gasteiger partial charge in [-0.2, -0.15) is 0 Å². The van der Waals surface area contributed by atoms with Crippen LogP contribution in [0.15, 0.2) is 65.4 Å². The zero-order chi connectivity index (χ0) is 21.4. The summed E-state index contributed by atoms with van der Waals surface area (Å²) in [5, 5.41) is 15.4. The first-order chi connectivity index (χ1) is 15.1. The number of thioether (sulfide) groups is 1. The van der Waals surface area contributed by atoms with Crippen LogP contribution in [0.5, 0.6) is 0 Å². The van der Waals surface area contributed by atoms with E-state index in [4.69, 9.17) is 11.6 Å². The number of carbonyl (C=O) groups excluding carboxylic acids is 1. The van der Waals surface area contributed by atoms with Crippen LogP contribution in [0.25, 0.3) is 27.0 Å². The summed E-state index contributed by atoms with van der Waals surface area (Å²) in [6.07, 6.45) is 1.65. The van der Waals surface area contributed by atoms with Crippen LogP contribution in [0, 0.1) is 5.82 Å². The molecule has 0 spiro atoms. The van der Waals surface area contributed by atoms with Gasteiger partial charge in [0, 0.05) is 21.7 Å². The number of carbonyl (C=O) groups is 1. The van der Waals surface area contributed by atoms with Crippen molar-refractivity contribution < 1.29 is 9.18 Å². The van der Waals surface area contributed by atoms with Gasteiger partial charge in [-0.05, 0) is 42.0 Å². The molecule has 5 aromatic rings. The number of hydrogen-bond donors (Lipinski definition) is 1. The number of thiophene rings is 1. The lowest BCUT2D eigenvalue weighted by molar-refractivity contribution is -0.113. The largest absolute Gasteiger partial charge is 0.325 e. The molecule has 0 saturated carbocycles. The zero-order valence-electron chi connectivity index (χ0n) is 15.8. The monoisotopic (exact) mass is 469 g/mol. The molecule has 5 rings (SSSR count). The van der Waals surface area contributed by atoms with E-state index in [1.54, 1.807) is 47.1 Å². The number of hydrogen-bond acceptors (Lipinski definition) is 6. The molecule has 10 heteroatoms. The summed E-state index contributed by atoms with van der Waals surface area (Å²) in [6.45, 7) is 0. The van der Waals surface area contributed by atoms with Crippen LogP contribution in [0.3, 0.4) is 0 Å². The van der Waals surface area contributed by atoms with E-state index >= 15 is 0 Å². The lowest BCUT2D eigenvalue weighted by atomic mass is 10.1. The minimum absolute atomic E-state index is 0.163. The number of anilines is 1. The quantitative estimate of drug-likeness (QED) is 0.343. The summed E-state index contributed by atoms with van der Waals surface area (Å²) in [7, 11) is 0. The summed E-state index contributed by atoms with van der Waals surface area (Å²) in [6, 6.07) is 13.2. The molecule has 154 valence electrons. The van der Waals surface area contributed by atoms with Gasteiger partial charge in [0.05, 0.1) is 11.1 Å². The Kier molecular flexibility index (Phi) is 5.31. The van der Waals surface area contributed by atoms with E-state index in [0.29, 0.717) is 21.5 Å². The van der Waals surface area contributed by atoms with Gasteiger partial charge in [0.15, 0.2) is 10.8 Å². The van der Waals surface area contributed by atoms with Crippen molar-refractivity contribution in [2.75, 3.05) is 11.1 Å². The number of halogens is 2. The Morgan fingerprint density at radius 3 is 2.68 bits per heavy atom. The van der Waals surface area contributed by atoms with E-state index in [9.17, 15) is 9.18 Å². The van der Waals surface area contributed by atoms with Gasteiger partial charge in [-0.25, -0.2) is 9.37 Å². The average molecular weight is 470 g/mol. The third-order valence-corrected chi connectivity index (χ3v) is 6.65. The Bertz CT molecular complexity index is 1400. The second kappa shape index (κ2) is 8.26. The minimum Gasteiger partial charge on any atom is -0.325 e. The van der Waals surface area contributed by atoms with Gasteiger partial charge in [0.2, 0.25) is 5.91 Å². The average Bonchev–Trinajstić information content (AvgIpc) is 3.38. The zero-order valence-corrected chi connectivity index (χ0v) is 18.1. The Morgan fingerprint density at radius 1 is 1.13 bits per heavy atom. The third-order valence-electron chi connectivity index (χ3n) is 4.57. The van der Waals surface area contributed by atoms with Gasteiger partial charge >= 0.3 is 0 Å². The second-order valence-electron chi connectivity index (χ2n) is 6.60. The molecule has 0 radical (unpaired) electrons. The highest BCUT2D eigenvalue weighted by Crippen LogP contribution is 2.35. The van der Waals surface area contributed by atoms with Crippen molar-refractivity contribution in [3.63, 3.8) is 0 Å². The summed E-state index contributed by atoms with van der Waals surface area (Å²) < 4.78 is 15.1. The molecular weight excluding hydrogens is 457 g/mol. The molecule has 0 aliphatic heterocycles. The number of aromatic nitrogens is 4. The highest BCUT2D eigenvalue weighted by molar-refractivity contribution is 7.99. The first kappa shape index (κ1) is 19.9. The van der Waals surface area contributed by atoms with Crippen LogP contribution in [0.4, 0.5) is 10.1 Å². The molecule has 3 aromatic heterocycles. The van der Waals surface area contributed by atoms with Crippen LogP contribution >= 0.6 is 34.7 Å². The van der Waals surface area contributed by atoms with Gasteiger partial charge in [-0.15, -0.1) is 21.5 Å². The Labute approximate surface area is 189 Å². The van der Waals surface area contributed by atoms with Crippen molar-refractivity contribution >= 4 is 62.2 Å². The Hall–Kier alpha value is -3.01.